The molecular formula is C17H18N6O5S3. The molecule has 14 heteroatoms. The number of hydrogen-bond acceptors (Lipinski definition) is 11. The molecule has 1 saturated heterocycles. The van der Waals surface area contributed by atoms with Gasteiger partial charge in [-0.05, 0) is 26.3 Å². The number of nitrogens with zero attached hydrogens (tertiary/aromatic N) is 5. The third-order valence-electron chi connectivity index (χ3n) is 4.73. The van der Waals surface area contributed by atoms with Gasteiger partial charge >= 0.3 is 5.97 Å². The maximum absolute atomic E-state index is 12.8. The minimum absolute atomic E-state index is 0.0199. The van der Waals surface area contributed by atoms with Crippen LogP contribution < -0.4 is 5.32 Å². The van der Waals surface area contributed by atoms with Crippen LogP contribution in [0.1, 0.15) is 29.6 Å². The average molecular weight is 483 g/mol. The molecule has 0 radical (unpaired) electrons. The molecule has 0 aliphatic carbocycles. The largest absolute Gasteiger partial charge is 0.477 e. The Hall–Kier alpha value is -2.45. The molecule has 1 fully saturated rings. The number of hydrogen-bond donors (Lipinski definition) is 2. The lowest BCUT2D eigenvalue weighted by Crippen LogP contribution is -2.70. The zero-order valence-corrected chi connectivity index (χ0v) is 19.1. The van der Waals surface area contributed by atoms with E-state index in [0.29, 0.717) is 22.9 Å². The zero-order valence-electron chi connectivity index (χ0n) is 16.7. The van der Waals surface area contributed by atoms with Gasteiger partial charge in [0.05, 0.1) is 0 Å². The minimum Gasteiger partial charge on any atom is -0.477 e. The van der Waals surface area contributed by atoms with Crippen LogP contribution in [0.15, 0.2) is 20.1 Å². The highest BCUT2D eigenvalue weighted by Gasteiger charge is 2.54. The van der Waals surface area contributed by atoms with E-state index in [1.165, 1.54) is 39.8 Å². The Kier molecular flexibility index (Phi) is 6.03. The van der Waals surface area contributed by atoms with Crippen LogP contribution in [0.4, 0.5) is 0 Å². The molecule has 0 bridgehead atoms. The predicted octanol–water partition coefficient (Wildman–Crippen LogP) is 1.17. The molecule has 2 amide bonds. The van der Waals surface area contributed by atoms with Gasteiger partial charge in [-0.25, -0.2) is 4.79 Å². The fraction of sp³-hybridized carbons (Fsp3) is 0.471. The number of carbonyl (C=O) groups excluding carboxylic acids is 2. The Labute approximate surface area is 189 Å². The van der Waals surface area contributed by atoms with Crippen LogP contribution in [-0.4, -0.2) is 71.0 Å². The fourth-order valence-corrected chi connectivity index (χ4v) is 6.46. The molecule has 164 valence electrons. The summed E-state index contributed by atoms with van der Waals surface area (Å²) in [5, 5.41) is 24.4. The van der Waals surface area contributed by atoms with Gasteiger partial charge in [0.15, 0.2) is 10.2 Å². The van der Waals surface area contributed by atoms with Crippen molar-refractivity contribution in [3.8, 4) is 0 Å². The SMILES string of the molecule is Cc1noc(C(C)C(=O)NC2C(=O)N3C(C(=O)O)=C(CSc4nnc(C)s4)CS[C@@H]23)n1. The first kappa shape index (κ1) is 21.8. The van der Waals surface area contributed by atoms with Crippen LogP contribution in [0, 0.1) is 13.8 Å². The molecule has 4 heterocycles. The standard InChI is InChI=1S/C17H18N6O5S3/c1-6(13-18-7(2)22-28-13)12(24)19-10-14(25)23-11(16(26)27)9(4-29-15(10)23)5-30-17-21-20-8(3)31-17/h6,10,15H,4-5H2,1-3H3,(H,19,24)(H,26,27)/t6?,10?,15-/m0/s1. The fourth-order valence-electron chi connectivity index (χ4n) is 3.16. The summed E-state index contributed by atoms with van der Waals surface area (Å²) in [6.07, 6.45) is 0. The Morgan fingerprint density at radius 1 is 1.39 bits per heavy atom. The highest BCUT2D eigenvalue weighted by atomic mass is 32.2. The number of carboxylic acids is 1. The summed E-state index contributed by atoms with van der Waals surface area (Å²) in [6, 6.07) is -0.807. The second kappa shape index (κ2) is 8.59. The van der Waals surface area contributed by atoms with Crippen molar-refractivity contribution in [1.29, 1.82) is 0 Å². The number of rotatable bonds is 7. The highest BCUT2D eigenvalue weighted by Crippen LogP contribution is 2.42. The summed E-state index contributed by atoms with van der Waals surface area (Å²) in [6.45, 7) is 5.09. The van der Waals surface area contributed by atoms with Gasteiger partial charge in [-0.2, -0.15) is 4.98 Å². The first-order valence-electron chi connectivity index (χ1n) is 9.19. The van der Waals surface area contributed by atoms with Gasteiger partial charge in [0.1, 0.15) is 28.0 Å². The highest BCUT2D eigenvalue weighted by molar-refractivity contribution is 8.01. The molecule has 31 heavy (non-hydrogen) atoms. The molecule has 0 spiro atoms. The molecule has 0 aromatic carbocycles. The van der Waals surface area contributed by atoms with E-state index >= 15 is 0 Å². The first-order chi connectivity index (χ1) is 14.8. The van der Waals surface area contributed by atoms with E-state index in [1.807, 2.05) is 6.92 Å². The Balaban J connectivity index is 1.45. The van der Waals surface area contributed by atoms with Gasteiger partial charge in [0, 0.05) is 11.5 Å². The number of aliphatic carboxylic acids is 1. The molecule has 2 aromatic heterocycles. The normalized spacial score (nSPS) is 21.5. The Morgan fingerprint density at radius 3 is 2.77 bits per heavy atom. The molecule has 4 rings (SSSR count). The van der Waals surface area contributed by atoms with E-state index in [9.17, 15) is 19.5 Å². The summed E-state index contributed by atoms with van der Waals surface area (Å²) in [7, 11) is 0. The molecule has 2 aliphatic rings. The van der Waals surface area contributed by atoms with E-state index in [1.54, 1.807) is 13.8 Å². The van der Waals surface area contributed by atoms with Crippen LogP contribution in [0.5, 0.6) is 0 Å². The van der Waals surface area contributed by atoms with Crippen LogP contribution >= 0.6 is 34.9 Å². The molecular weight excluding hydrogens is 464 g/mol. The lowest BCUT2D eigenvalue weighted by molar-refractivity contribution is -0.150. The second-order valence-corrected chi connectivity index (χ2v) is 10.4. The number of amides is 2. The molecule has 0 saturated carbocycles. The van der Waals surface area contributed by atoms with Gasteiger partial charge in [-0.15, -0.1) is 22.0 Å². The number of β-lactam (4-membered cyclic amide) rings is 1. The summed E-state index contributed by atoms with van der Waals surface area (Å²) >= 11 is 4.24. The van der Waals surface area contributed by atoms with Gasteiger partial charge in [-0.1, -0.05) is 28.3 Å². The van der Waals surface area contributed by atoms with E-state index in [4.69, 9.17) is 4.52 Å². The quantitative estimate of drug-likeness (QED) is 0.432. The van der Waals surface area contributed by atoms with Crippen molar-refractivity contribution in [3.63, 3.8) is 0 Å². The Morgan fingerprint density at radius 2 is 2.16 bits per heavy atom. The number of carboxylic acid groups (broad SMARTS) is 1. The lowest BCUT2D eigenvalue weighted by atomic mass is 10.0. The number of carbonyl (C=O) groups is 3. The number of nitrogens with one attached hydrogen (secondary N) is 1. The third-order valence-corrected chi connectivity index (χ3v) is 8.13. The van der Waals surface area contributed by atoms with Crippen molar-refractivity contribution in [2.45, 2.75) is 42.4 Å². The van der Waals surface area contributed by atoms with Crippen molar-refractivity contribution in [1.82, 2.24) is 30.6 Å². The van der Waals surface area contributed by atoms with E-state index < -0.39 is 35.1 Å². The van der Waals surface area contributed by atoms with E-state index in [2.05, 4.69) is 25.7 Å². The topological polar surface area (TPSA) is 151 Å². The molecule has 2 aliphatic heterocycles. The molecule has 2 aromatic rings. The van der Waals surface area contributed by atoms with Crippen molar-refractivity contribution in [2.75, 3.05) is 11.5 Å². The maximum Gasteiger partial charge on any atom is 0.352 e. The molecule has 11 nitrogen and oxygen atoms in total. The van der Waals surface area contributed by atoms with Crippen molar-refractivity contribution in [3.05, 3.63) is 28.0 Å². The third kappa shape index (κ3) is 4.19. The van der Waals surface area contributed by atoms with Crippen molar-refractivity contribution < 1.29 is 24.0 Å². The number of fused-ring (bicyclic) bond motifs is 1. The van der Waals surface area contributed by atoms with E-state index in [0.717, 1.165) is 9.35 Å². The predicted molar refractivity (Wildman–Crippen MR) is 113 cm³/mol. The lowest BCUT2D eigenvalue weighted by Gasteiger charge is -2.49. The van der Waals surface area contributed by atoms with Crippen LogP contribution in [0.25, 0.3) is 0 Å². The van der Waals surface area contributed by atoms with Crippen LogP contribution in [0.3, 0.4) is 0 Å². The van der Waals surface area contributed by atoms with Crippen molar-refractivity contribution >= 4 is 52.6 Å². The summed E-state index contributed by atoms with van der Waals surface area (Å²) in [5.41, 5.74) is 0.619. The summed E-state index contributed by atoms with van der Waals surface area (Å²) in [4.78, 5) is 42.5. The van der Waals surface area contributed by atoms with E-state index in [-0.39, 0.29) is 11.6 Å². The maximum atomic E-state index is 12.8. The number of aryl methyl sites for hydroxylation is 2. The monoisotopic (exact) mass is 482 g/mol. The first-order valence-corrected chi connectivity index (χ1v) is 12.0. The summed E-state index contributed by atoms with van der Waals surface area (Å²) in [5.74, 6) is -1.38. The van der Waals surface area contributed by atoms with Gasteiger partial charge in [0.25, 0.3) is 5.91 Å². The molecule has 2 unspecified atom stereocenters. The van der Waals surface area contributed by atoms with Gasteiger partial charge in [0.2, 0.25) is 11.8 Å². The smallest absolute Gasteiger partial charge is 0.352 e. The average Bonchev–Trinajstić information content (AvgIpc) is 3.36. The molecule has 2 N–H and O–H groups in total. The minimum atomic E-state index is -1.16. The summed E-state index contributed by atoms with van der Waals surface area (Å²) < 4.78 is 5.77. The van der Waals surface area contributed by atoms with Gasteiger partial charge in [-0.3, -0.25) is 14.5 Å². The Bertz CT molecular complexity index is 1080. The second-order valence-electron chi connectivity index (χ2n) is 6.93. The van der Waals surface area contributed by atoms with Gasteiger partial charge < -0.3 is 14.9 Å². The zero-order chi connectivity index (χ0) is 22.3. The number of aromatic nitrogens is 4. The van der Waals surface area contributed by atoms with Crippen molar-refractivity contribution in [2.24, 2.45) is 0 Å². The van der Waals surface area contributed by atoms with Crippen LogP contribution in [0.2, 0.25) is 0 Å². The van der Waals surface area contributed by atoms with Crippen LogP contribution in [-0.2, 0) is 14.4 Å². The molecule has 3 atom stereocenters. The number of thioether (sulfide) groups is 2.